The highest BCUT2D eigenvalue weighted by atomic mass is 31.2. The largest absolute Gasteiger partial charge is 0.470 e. The normalized spacial score (nSPS) is 26.2. The molecule has 1 aliphatic rings. The summed E-state index contributed by atoms with van der Waals surface area (Å²) in [4.78, 5) is 48.1. The molecule has 0 bridgehead atoms. The third-order valence-electron chi connectivity index (χ3n) is 3.88. The molecule has 3 heterocycles. The summed E-state index contributed by atoms with van der Waals surface area (Å²) in [7, 11) is -8.64. The van der Waals surface area contributed by atoms with E-state index in [1.54, 1.807) is 0 Å². The highest BCUT2D eigenvalue weighted by Crippen LogP contribution is 2.46. The van der Waals surface area contributed by atoms with Gasteiger partial charge in [0.2, 0.25) is 0 Å². The molecule has 0 aliphatic carbocycles. The van der Waals surface area contributed by atoms with Gasteiger partial charge in [0.25, 0.3) is 0 Å². The molecule has 17 heteroatoms. The first-order chi connectivity index (χ1) is 13.0. The van der Waals surface area contributed by atoms with Gasteiger partial charge in [-0.15, -0.1) is 0 Å². The van der Waals surface area contributed by atoms with Crippen molar-refractivity contribution in [3.63, 3.8) is 0 Å². The van der Waals surface area contributed by atoms with Crippen LogP contribution in [0.25, 0.3) is 11.2 Å². The molecule has 28 heavy (non-hydrogen) atoms. The minimum absolute atomic E-state index is 0.0973. The van der Waals surface area contributed by atoms with E-state index < -0.39 is 46.8 Å². The molecule has 4 atom stereocenters. The van der Waals surface area contributed by atoms with Crippen LogP contribution in [0.2, 0.25) is 0 Å². The van der Waals surface area contributed by atoms with Gasteiger partial charge in [-0.05, 0) is 0 Å². The topological polar surface area (TPSA) is 222 Å². The Morgan fingerprint density at radius 2 is 1.89 bits per heavy atom. The van der Waals surface area contributed by atoms with Crippen molar-refractivity contribution in [2.75, 3.05) is 19.5 Å². The molecule has 0 aromatic carbocycles. The molecule has 0 radical (unpaired) electrons. The van der Waals surface area contributed by atoms with Gasteiger partial charge in [-0.3, -0.25) is 13.6 Å². The number of imidazole rings is 1. The number of ether oxygens (including phenoxy) is 2. The summed E-state index contributed by atoms with van der Waals surface area (Å²) in [5, 5.41) is 0. The maximum atomic E-state index is 11.4. The standard InChI is InChI=1S/C11H17N5O10P2/c1-23-8-7(26-28(20,21)22)5(2-24-27(17,18)19)25-11(8)16-4-15-6-9(12)13-3-14-10(6)16/h3-5,7-8,11H,2H2,1H3,(H2,12,13,14)(H2,17,18,19)(H2,20,21,22)/t5-,7-,8-,11-/m1/s1. The molecule has 2 aromatic heterocycles. The quantitative estimate of drug-likeness (QED) is 0.322. The fourth-order valence-electron chi connectivity index (χ4n) is 2.83. The Morgan fingerprint density at radius 3 is 2.50 bits per heavy atom. The van der Waals surface area contributed by atoms with E-state index in [-0.39, 0.29) is 17.0 Å². The molecule has 1 aliphatic heterocycles. The van der Waals surface area contributed by atoms with Crippen LogP contribution in [-0.4, -0.2) is 71.1 Å². The lowest BCUT2D eigenvalue weighted by atomic mass is 10.1. The van der Waals surface area contributed by atoms with Crippen molar-refractivity contribution in [1.29, 1.82) is 0 Å². The van der Waals surface area contributed by atoms with Crippen LogP contribution >= 0.6 is 15.6 Å². The third kappa shape index (κ3) is 4.55. The van der Waals surface area contributed by atoms with Crippen LogP contribution in [0.1, 0.15) is 6.23 Å². The van der Waals surface area contributed by atoms with Crippen molar-refractivity contribution >= 4 is 32.6 Å². The van der Waals surface area contributed by atoms with Crippen molar-refractivity contribution in [1.82, 2.24) is 19.5 Å². The van der Waals surface area contributed by atoms with Crippen LogP contribution in [0.15, 0.2) is 12.7 Å². The molecule has 1 fully saturated rings. The van der Waals surface area contributed by atoms with Gasteiger partial charge in [0.05, 0.1) is 12.9 Å². The first-order valence-electron chi connectivity index (χ1n) is 7.55. The van der Waals surface area contributed by atoms with Gasteiger partial charge in [0.15, 0.2) is 17.7 Å². The summed E-state index contributed by atoms with van der Waals surface area (Å²) in [5.41, 5.74) is 6.23. The molecule has 156 valence electrons. The zero-order chi connectivity index (χ0) is 20.7. The molecule has 0 saturated carbocycles. The Kier molecular flexibility index (Phi) is 5.85. The lowest BCUT2D eigenvalue weighted by molar-refractivity contribution is -0.0578. The number of nitrogens with two attached hydrogens (primary N) is 1. The van der Waals surface area contributed by atoms with Crippen molar-refractivity contribution in [2.24, 2.45) is 0 Å². The number of hydrogen-bond acceptors (Lipinski definition) is 10. The number of nitrogens with zero attached hydrogens (tertiary/aromatic N) is 4. The number of nitrogen functional groups attached to an aromatic ring is 1. The second kappa shape index (κ2) is 7.72. The first kappa shape index (κ1) is 21.2. The fraction of sp³-hybridized carbons (Fsp3) is 0.545. The van der Waals surface area contributed by atoms with Crippen LogP contribution in [0.3, 0.4) is 0 Å². The fourth-order valence-corrected chi connectivity index (χ4v) is 3.74. The number of rotatable bonds is 7. The van der Waals surface area contributed by atoms with Crippen molar-refractivity contribution in [3.8, 4) is 0 Å². The van der Waals surface area contributed by atoms with Gasteiger partial charge in [0.1, 0.15) is 30.2 Å². The zero-order valence-electron chi connectivity index (χ0n) is 14.2. The number of aromatic nitrogens is 4. The van der Waals surface area contributed by atoms with Gasteiger partial charge in [-0.25, -0.2) is 24.1 Å². The van der Waals surface area contributed by atoms with Crippen molar-refractivity contribution in [3.05, 3.63) is 12.7 Å². The molecule has 2 aromatic rings. The van der Waals surface area contributed by atoms with Crippen LogP contribution in [0.5, 0.6) is 0 Å². The minimum atomic E-state index is -5.01. The summed E-state index contributed by atoms with van der Waals surface area (Å²) < 4.78 is 43.8. The average Bonchev–Trinajstić information content (AvgIpc) is 3.13. The molecule has 0 amide bonds. The lowest BCUT2D eigenvalue weighted by Crippen LogP contribution is -2.37. The summed E-state index contributed by atoms with van der Waals surface area (Å²) in [6, 6.07) is 0. The molecule has 15 nitrogen and oxygen atoms in total. The van der Waals surface area contributed by atoms with E-state index in [9.17, 15) is 18.9 Å². The summed E-state index contributed by atoms with van der Waals surface area (Å²) in [6.07, 6.45) is -2.44. The Labute approximate surface area is 156 Å². The van der Waals surface area contributed by atoms with E-state index in [4.69, 9.17) is 29.5 Å². The second-order valence-electron chi connectivity index (χ2n) is 5.70. The minimum Gasteiger partial charge on any atom is -0.382 e. The SMILES string of the molecule is CO[C@@H]1[C@H](OP(=O)(O)O)[C@@H](COP(=O)(O)O)O[C@H]1n1cnc2c(N)ncnc21. The monoisotopic (exact) mass is 441 g/mol. The smallest absolute Gasteiger partial charge is 0.382 e. The van der Waals surface area contributed by atoms with E-state index in [0.29, 0.717) is 0 Å². The van der Waals surface area contributed by atoms with E-state index in [0.717, 1.165) is 0 Å². The van der Waals surface area contributed by atoms with Crippen LogP contribution in [-0.2, 0) is 27.7 Å². The van der Waals surface area contributed by atoms with E-state index >= 15 is 0 Å². The molecule has 6 N–H and O–H groups in total. The second-order valence-corrected chi connectivity index (χ2v) is 8.13. The molecular formula is C11H17N5O10P2. The zero-order valence-corrected chi connectivity index (χ0v) is 16.0. The number of fused-ring (bicyclic) bond motifs is 1. The van der Waals surface area contributed by atoms with E-state index in [1.165, 1.54) is 24.3 Å². The Morgan fingerprint density at radius 1 is 1.18 bits per heavy atom. The van der Waals surface area contributed by atoms with Gasteiger partial charge >= 0.3 is 15.6 Å². The van der Waals surface area contributed by atoms with Crippen LogP contribution < -0.4 is 5.73 Å². The lowest BCUT2D eigenvalue weighted by Gasteiger charge is -2.23. The van der Waals surface area contributed by atoms with Crippen LogP contribution in [0.4, 0.5) is 5.82 Å². The van der Waals surface area contributed by atoms with Gasteiger partial charge in [0, 0.05) is 7.11 Å². The van der Waals surface area contributed by atoms with Crippen molar-refractivity contribution < 1.29 is 47.2 Å². The summed E-state index contributed by atoms with van der Waals surface area (Å²) in [5.74, 6) is 0.0973. The molecule has 0 spiro atoms. The maximum Gasteiger partial charge on any atom is 0.470 e. The summed E-state index contributed by atoms with van der Waals surface area (Å²) in [6.45, 7) is -0.727. The molecule has 3 rings (SSSR count). The highest BCUT2D eigenvalue weighted by molar-refractivity contribution is 7.46. The Balaban J connectivity index is 1.97. The predicted octanol–water partition coefficient (Wildman–Crippen LogP) is -1.09. The number of hydrogen-bond donors (Lipinski definition) is 5. The predicted molar refractivity (Wildman–Crippen MR) is 89.4 cm³/mol. The van der Waals surface area contributed by atoms with E-state index in [1.807, 2.05) is 0 Å². The summed E-state index contributed by atoms with van der Waals surface area (Å²) >= 11 is 0. The Hall–Kier alpha value is -1.51. The molecule has 0 unspecified atom stereocenters. The number of anilines is 1. The molecule has 1 saturated heterocycles. The van der Waals surface area contributed by atoms with Gasteiger partial charge in [-0.2, -0.15) is 0 Å². The molecular weight excluding hydrogens is 424 g/mol. The van der Waals surface area contributed by atoms with Crippen molar-refractivity contribution in [2.45, 2.75) is 24.5 Å². The van der Waals surface area contributed by atoms with E-state index in [2.05, 4.69) is 19.5 Å². The highest BCUT2D eigenvalue weighted by Gasteiger charge is 2.50. The van der Waals surface area contributed by atoms with Gasteiger partial charge in [-0.1, -0.05) is 0 Å². The Bertz CT molecular complexity index is 943. The number of phosphoric acid groups is 2. The first-order valence-corrected chi connectivity index (χ1v) is 10.6. The average molecular weight is 441 g/mol. The maximum absolute atomic E-state index is 11.4. The number of methoxy groups -OCH3 is 1. The van der Waals surface area contributed by atoms with Gasteiger partial charge < -0.3 is 34.8 Å². The number of phosphoric ester groups is 2. The third-order valence-corrected chi connectivity index (χ3v) is 4.89. The van der Waals surface area contributed by atoms with Crippen LogP contribution in [0, 0.1) is 0 Å².